The van der Waals surface area contributed by atoms with Crippen LogP contribution in [0.1, 0.15) is 0 Å². The zero-order chi connectivity index (χ0) is 6.15. The predicted octanol–water partition coefficient (Wildman–Crippen LogP) is 0.934. The van der Waals surface area contributed by atoms with Gasteiger partial charge in [-0.15, -0.1) is 0 Å². The van der Waals surface area contributed by atoms with Gasteiger partial charge in [-0.25, -0.2) is 3.59 Å². The average molecular weight is 177 g/mol. The van der Waals surface area contributed by atoms with Crippen LogP contribution < -0.4 is 5.73 Å². The van der Waals surface area contributed by atoms with Gasteiger partial charge in [0, 0.05) is 6.07 Å². The second-order valence-electron chi connectivity index (χ2n) is 1.40. The van der Waals surface area contributed by atoms with Crippen LogP contribution in [0.3, 0.4) is 0 Å². The molecule has 0 saturated heterocycles. The highest BCUT2D eigenvalue weighted by molar-refractivity contribution is 9.08. The van der Waals surface area contributed by atoms with Crippen molar-refractivity contribution in [2.45, 2.75) is 0 Å². The Morgan fingerprint density at radius 1 is 1.62 bits per heavy atom. The summed E-state index contributed by atoms with van der Waals surface area (Å²) < 4.78 is 1.31. The minimum atomic E-state index is 0.113. The number of nitrogens with two attached hydrogens (primary N) is 1. The third-order valence-corrected chi connectivity index (χ3v) is 1.60. The second kappa shape index (κ2) is 1.70. The molecular weight excluding hydrogens is 172 g/mol. The number of anilines is 1. The zero-order valence-electron chi connectivity index (χ0n) is 4.00. The molecule has 1 aromatic rings. The lowest BCUT2D eigenvalue weighted by atomic mass is 10.6. The lowest BCUT2D eigenvalue weighted by Gasteiger charge is -1.91. The molecule has 1 heterocycles. The summed E-state index contributed by atoms with van der Waals surface area (Å²) >= 11 is 2.99. The molecule has 0 radical (unpaired) electrons. The summed E-state index contributed by atoms with van der Waals surface area (Å²) in [6.07, 6.45) is 0. The number of aromatic hydroxyl groups is 1. The minimum absolute atomic E-state index is 0.113. The first-order chi connectivity index (χ1) is 3.72. The van der Waals surface area contributed by atoms with Crippen LogP contribution in [-0.4, -0.2) is 8.70 Å². The van der Waals surface area contributed by atoms with E-state index in [1.165, 1.54) is 9.66 Å². The molecule has 0 aliphatic carbocycles. The van der Waals surface area contributed by atoms with E-state index in [4.69, 9.17) is 10.8 Å². The molecule has 0 bridgehead atoms. The van der Waals surface area contributed by atoms with Crippen molar-refractivity contribution in [3.63, 3.8) is 0 Å². The minimum Gasteiger partial charge on any atom is -0.494 e. The first-order valence-corrected chi connectivity index (χ1v) is 2.75. The molecule has 0 amide bonds. The van der Waals surface area contributed by atoms with E-state index in [1.54, 1.807) is 6.07 Å². The third kappa shape index (κ3) is 0.667. The molecule has 0 atom stereocenters. The summed E-state index contributed by atoms with van der Waals surface area (Å²) in [6.45, 7) is 0. The predicted molar refractivity (Wildman–Crippen MR) is 34.8 cm³/mol. The highest BCUT2D eigenvalue weighted by atomic mass is 79.9. The van der Waals surface area contributed by atoms with Gasteiger partial charge in [0.1, 0.15) is 5.82 Å². The SMILES string of the molecule is Nc1ccc(O)n1Br. The molecule has 0 aliphatic heterocycles. The van der Waals surface area contributed by atoms with E-state index in [9.17, 15) is 0 Å². The molecule has 4 heteroatoms. The van der Waals surface area contributed by atoms with Crippen LogP contribution in [-0.2, 0) is 0 Å². The monoisotopic (exact) mass is 176 g/mol. The molecule has 3 N–H and O–H groups in total. The van der Waals surface area contributed by atoms with E-state index in [2.05, 4.69) is 16.1 Å². The Balaban J connectivity index is 3.19. The summed E-state index contributed by atoms with van der Waals surface area (Å²) in [6, 6.07) is 3.11. The van der Waals surface area contributed by atoms with Gasteiger partial charge in [-0.3, -0.25) is 0 Å². The van der Waals surface area contributed by atoms with Gasteiger partial charge in [0.2, 0.25) is 5.88 Å². The molecule has 0 fully saturated rings. The molecule has 3 nitrogen and oxygen atoms in total. The Kier molecular flexibility index (Phi) is 1.17. The Morgan fingerprint density at radius 2 is 2.25 bits per heavy atom. The molecule has 0 unspecified atom stereocenters. The summed E-state index contributed by atoms with van der Waals surface area (Å²) in [4.78, 5) is 0. The van der Waals surface area contributed by atoms with Crippen molar-refractivity contribution < 1.29 is 5.11 Å². The molecular formula is C4H5BrN2O. The Labute approximate surface area is 55.1 Å². The maximum Gasteiger partial charge on any atom is 0.203 e. The number of halogens is 1. The molecule has 44 valence electrons. The second-order valence-corrected chi connectivity index (χ2v) is 2.11. The topological polar surface area (TPSA) is 51.2 Å². The van der Waals surface area contributed by atoms with E-state index < -0.39 is 0 Å². The van der Waals surface area contributed by atoms with Crippen LogP contribution in [0.2, 0.25) is 0 Å². The lowest BCUT2D eigenvalue weighted by Crippen LogP contribution is -1.87. The first kappa shape index (κ1) is 5.50. The van der Waals surface area contributed by atoms with Crippen molar-refractivity contribution in [1.82, 2.24) is 3.59 Å². The van der Waals surface area contributed by atoms with E-state index in [-0.39, 0.29) is 5.88 Å². The molecule has 1 aromatic heterocycles. The fourth-order valence-corrected chi connectivity index (χ4v) is 0.659. The van der Waals surface area contributed by atoms with Gasteiger partial charge >= 0.3 is 0 Å². The summed E-state index contributed by atoms with van der Waals surface area (Å²) in [5.74, 6) is 0.602. The van der Waals surface area contributed by atoms with Crippen LogP contribution in [0.25, 0.3) is 0 Å². The lowest BCUT2D eigenvalue weighted by molar-refractivity contribution is 0.453. The van der Waals surface area contributed by atoms with Gasteiger partial charge in [0.05, 0.1) is 16.1 Å². The average Bonchev–Trinajstić information content (AvgIpc) is 1.98. The van der Waals surface area contributed by atoms with E-state index in [1.807, 2.05) is 0 Å². The van der Waals surface area contributed by atoms with E-state index in [0.717, 1.165) is 0 Å². The van der Waals surface area contributed by atoms with Crippen molar-refractivity contribution in [2.75, 3.05) is 5.73 Å². The van der Waals surface area contributed by atoms with Crippen molar-refractivity contribution in [3.05, 3.63) is 12.1 Å². The van der Waals surface area contributed by atoms with Crippen LogP contribution in [0.4, 0.5) is 5.82 Å². The number of nitrogens with zero attached hydrogens (tertiary/aromatic N) is 1. The highest BCUT2D eigenvalue weighted by Crippen LogP contribution is 2.18. The third-order valence-electron chi connectivity index (χ3n) is 0.831. The van der Waals surface area contributed by atoms with Crippen molar-refractivity contribution in [2.24, 2.45) is 0 Å². The highest BCUT2D eigenvalue weighted by Gasteiger charge is 1.96. The molecule has 1 rings (SSSR count). The van der Waals surface area contributed by atoms with Crippen LogP contribution in [0.15, 0.2) is 12.1 Å². The fourth-order valence-electron chi connectivity index (χ4n) is 0.423. The van der Waals surface area contributed by atoms with Crippen molar-refractivity contribution in [3.8, 4) is 5.88 Å². The smallest absolute Gasteiger partial charge is 0.203 e. The van der Waals surface area contributed by atoms with Crippen LogP contribution >= 0.6 is 16.1 Å². The van der Waals surface area contributed by atoms with Crippen molar-refractivity contribution in [1.29, 1.82) is 0 Å². The Morgan fingerprint density at radius 3 is 2.38 bits per heavy atom. The largest absolute Gasteiger partial charge is 0.494 e. The number of nitrogen functional groups attached to an aromatic ring is 1. The van der Waals surface area contributed by atoms with Gasteiger partial charge in [0.25, 0.3) is 0 Å². The van der Waals surface area contributed by atoms with E-state index >= 15 is 0 Å². The fraction of sp³-hybridized carbons (Fsp3) is 0. The summed E-state index contributed by atoms with van der Waals surface area (Å²) in [5.41, 5.74) is 5.30. The van der Waals surface area contributed by atoms with Gasteiger partial charge in [-0.1, -0.05) is 0 Å². The summed E-state index contributed by atoms with van der Waals surface area (Å²) in [7, 11) is 0. The van der Waals surface area contributed by atoms with Crippen LogP contribution in [0.5, 0.6) is 5.88 Å². The van der Waals surface area contributed by atoms with Gasteiger partial charge in [-0.2, -0.15) is 0 Å². The number of hydrogen-bond donors (Lipinski definition) is 2. The maximum atomic E-state index is 8.78. The van der Waals surface area contributed by atoms with Crippen LogP contribution in [0, 0.1) is 0 Å². The molecule has 0 aromatic carbocycles. The Bertz CT molecular complexity index is 176. The van der Waals surface area contributed by atoms with Gasteiger partial charge in [0.15, 0.2) is 0 Å². The standard InChI is InChI=1S/C4H5BrN2O/c5-7-3(6)1-2-4(7)8/h1-2,8H,6H2. The maximum absolute atomic E-state index is 8.78. The Hall–Kier alpha value is -0.640. The summed E-state index contributed by atoms with van der Waals surface area (Å²) in [5, 5.41) is 8.78. The first-order valence-electron chi connectivity index (χ1n) is 2.04. The van der Waals surface area contributed by atoms with Gasteiger partial charge < -0.3 is 10.8 Å². The number of hydrogen-bond acceptors (Lipinski definition) is 2. The van der Waals surface area contributed by atoms with Crippen molar-refractivity contribution >= 4 is 22.0 Å². The van der Waals surface area contributed by atoms with Gasteiger partial charge in [-0.05, 0) is 6.07 Å². The van der Waals surface area contributed by atoms with E-state index in [0.29, 0.717) is 5.82 Å². The molecule has 0 aliphatic rings. The normalized spacial score (nSPS) is 9.62. The quantitative estimate of drug-likeness (QED) is 0.619. The number of aromatic nitrogens is 1. The molecule has 0 saturated carbocycles. The molecule has 8 heavy (non-hydrogen) atoms. The molecule has 0 spiro atoms. The zero-order valence-corrected chi connectivity index (χ0v) is 5.59. The number of rotatable bonds is 0.